The van der Waals surface area contributed by atoms with E-state index in [9.17, 15) is 4.79 Å². The van der Waals surface area contributed by atoms with Crippen LogP contribution in [-0.4, -0.2) is 61.0 Å². The average molecular weight is 245 g/mol. The summed E-state index contributed by atoms with van der Waals surface area (Å²) >= 11 is 0. The molecule has 17 heavy (non-hydrogen) atoms. The highest BCUT2D eigenvalue weighted by atomic mass is 16.5. The summed E-state index contributed by atoms with van der Waals surface area (Å²) in [5.41, 5.74) is -0.386. The summed E-state index contributed by atoms with van der Waals surface area (Å²) in [6.45, 7) is 5.48. The maximum atomic E-state index is 12.0. The minimum absolute atomic E-state index is 0.0503. The van der Waals surface area contributed by atoms with Crippen LogP contribution in [0.5, 0.6) is 0 Å². The van der Waals surface area contributed by atoms with E-state index in [4.69, 9.17) is 14.6 Å². The zero-order valence-electron chi connectivity index (χ0n) is 10.9. The first kappa shape index (κ1) is 14.4. The molecule has 1 atom stereocenters. The van der Waals surface area contributed by atoms with E-state index in [2.05, 4.69) is 0 Å². The SMILES string of the molecule is COCCCC(=O)N1CC(CO)OC(C)(C)C1. The number of carbonyl (C=O) groups excluding carboxylic acids is 1. The highest BCUT2D eigenvalue weighted by molar-refractivity contribution is 5.76. The monoisotopic (exact) mass is 245 g/mol. The Balaban J connectivity index is 2.48. The zero-order chi connectivity index (χ0) is 12.9. The molecule has 1 unspecified atom stereocenters. The van der Waals surface area contributed by atoms with Gasteiger partial charge in [0.05, 0.1) is 18.3 Å². The zero-order valence-corrected chi connectivity index (χ0v) is 10.9. The number of aliphatic hydroxyl groups is 1. The van der Waals surface area contributed by atoms with Crippen LogP contribution >= 0.6 is 0 Å². The van der Waals surface area contributed by atoms with E-state index < -0.39 is 0 Å². The minimum Gasteiger partial charge on any atom is -0.394 e. The molecule has 1 aliphatic heterocycles. The third-order valence-electron chi connectivity index (χ3n) is 2.78. The molecule has 0 aromatic carbocycles. The Morgan fingerprint density at radius 2 is 2.29 bits per heavy atom. The van der Waals surface area contributed by atoms with Crippen LogP contribution in [0.25, 0.3) is 0 Å². The lowest BCUT2D eigenvalue weighted by atomic mass is 10.0. The Hall–Kier alpha value is -0.650. The van der Waals surface area contributed by atoms with Crippen LogP contribution in [0.15, 0.2) is 0 Å². The molecule has 1 rings (SSSR count). The van der Waals surface area contributed by atoms with Crippen molar-refractivity contribution < 1.29 is 19.4 Å². The van der Waals surface area contributed by atoms with Gasteiger partial charge in [0, 0.05) is 33.2 Å². The lowest BCUT2D eigenvalue weighted by molar-refractivity contribution is -0.167. The van der Waals surface area contributed by atoms with Crippen LogP contribution in [0.3, 0.4) is 0 Å². The van der Waals surface area contributed by atoms with Gasteiger partial charge in [0.25, 0.3) is 0 Å². The molecule has 100 valence electrons. The van der Waals surface area contributed by atoms with E-state index in [1.165, 1.54) is 0 Å². The first-order valence-corrected chi connectivity index (χ1v) is 6.04. The molecule has 1 saturated heterocycles. The normalized spacial score (nSPS) is 23.8. The van der Waals surface area contributed by atoms with E-state index >= 15 is 0 Å². The van der Waals surface area contributed by atoms with Crippen LogP contribution in [0, 0.1) is 0 Å². The quantitative estimate of drug-likeness (QED) is 0.713. The highest BCUT2D eigenvalue weighted by Crippen LogP contribution is 2.21. The second-order valence-electron chi connectivity index (χ2n) is 5.05. The van der Waals surface area contributed by atoms with Crippen LogP contribution in [0.1, 0.15) is 26.7 Å². The Bertz CT molecular complexity index is 255. The van der Waals surface area contributed by atoms with Crippen LogP contribution in [0.2, 0.25) is 0 Å². The third-order valence-corrected chi connectivity index (χ3v) is 2.78. The van der Waals surface area contributed by atoms with Gasteiger partial charge < -0.3 is 19.5 Å². The molecule has 0 aromatic rings. The van der Waals surface area contributed by atoms with Gasteiger partial charge in [-0.1, -0.05) is 0 Å². The molecule has 5 heteroatoms. The summed E-state index contributed by atoms with van der Waals surface area (Å²) < 4.78 is 10.6. The number of aliphatic hydroxyl groups excluding tert-OH is 1. The van der Waals surface area contributed by atoms with E-state index in [0.29, 0.717) is 26.1 Å². The van der Waals surface area contributed by atoms with Gasteiger partial charge in [-0.3, -0.25) is 4.79 Å². The number of rotatable bonds is 5. The molecule has 1 amide bonds. The van der Waals surface area contributed by atoms with Crippen molar-refractivity contribution in [2.24, 2.45) is 0 Å². The van der Waals surface area contributed by atoms with Gasteiger partial charge >= 0.3 is 0 Å². The maximum absolute atomic E-state index is 12.0. The maximum Gasteiger partial charge on any atom is 0.222 e. The molecule has 1 fully saturated rings. The van der Waals surface area contributed by atoms with E-state index in [-0.39, 0.29) is 24.2 Å². The third kappa shape index (κ3) is 4.61. The molecule has 5 nitrogen and oxygen atoms in total. The number of hydrogen-bond donors (Lipinski definition) is 1. The number of morpholine rings is 1. The number of carbonyl (C=O) groups is 1. The number of methoxy groups -OCH3 is 1. The summed E-state index contributed by atoms with van der Waals surface area (Å²) in [5, 5.41) is 9.15. The first-order valence-electron chi connectivity index (χ1n) is 6.04. The number of amides is 1. The minimum atomic E-state index is -0.386. The Labute approximate surface area is 103 Å². The summed E-state index contributed by atoms with van der Waals surface area (Å²) in [6, 6.07) is 0. The fourth-order valence-corrected chi connectivity index (χ4v) is 2.11. The van der Waals surface area contributed by atoms with E-state index in [1.54, 1.807) is 12.0 Å². The van der Waals surface area contributed by atoms with Crippen molar-refractivity contribution in [2.75, 3.05) is 33.4 Å². The average Bonchev–Trinajstić information content (AvgIpc) is 2.27. The largest absolute Gasteiger partial charge is 0.394 e. The first-order chi connectivity index (χ1) is 7.98. The molecule has 0 saturated carbocycles. The molecule has 1 N–H and O–H groups in total. The van der Waals surface area contributed by atoms with Gasteiger partial charge in [-0.25, -0.2) is 0 Å². The number of hydrogen-bond acceptors (Lipinski definition) is 4. The molecule has 0 bridgehead atoms. The molecular weight excluding hydrogens is 222 g/mol. The molecule has 0 spiro atoms. The van der Waals surface area contributed by atoms with Crippen molar-refractivity contribution in [1.82, 2.24) is 4.90 Å². The van der Waals surface area contributed by atoms with Crippen molar-refractivity contribution in [3.63, 3.8) is 0 Å². The van der Waals surface area contributed by atoms with Crippen molar-refractivity contribution in [3.8, 4) is 0 Å². The Morgan fingerprint density at radius 1 is 1.59 bits per heavy atom. The predicted molar refractivity (Wildman–Crippen MR) is 63.7 cm³/mol. The second-order valence-corrected chi connectivity index (χ2v) is 5.05. The van der Waals surface area contributed by atoms with Crippen LogP contribution in [0.4, 0.5) is 0 Å². The van der Waals surface area contributed by atoms with Crippen LogP contribution in [-0.2, 0) is 14.3 Å². The molecule has 1 heterocycles. The Kier molecular flexibility index (Phi) is 5.36. The van der Waals surface area contributed by atoms with E-state index in [0.717, 1.165) is 6.42 Å². The highest BCUT2D eigenvalue weighted by Gasteiger charge is 2.34. The number of nitrogens with zero attached hydrogens (tertiary/aromatic N) is 1. The predicted octanol–water partition coefficient (Wildman–Crippen LogP) is 0.411. The van der Waals surface area contributed by atoms with E-state index in [1.807, 2.05) is 13.8 Å². The van der Waals surface area contributed by atoms with Crippen molar-refractivity contribution >= 4 is 5.91 Å². The van der Waals surface area contributed by atoms with Crippen molar-refractivity contribution in [3.05, 3.63) is 0 Å². The summed E-state index contributed by atoms with van der Waals surface area (Å²) in [6.07, 6.45) is 0.948. The standard InChI is InChI=1S/C12H23NO4/c1-12(2)9-13(7-10(8-14)17-12)11(15)5-4-6-16-3/h10,14H,4-9H2,1-3H3. The Morgan fingerprint density at radius 3 is 2.88 bits per heavy atom. The second kappa shape index (κ2) is 6.33. The molecule has 0 radical (unpaired) electrons. The summed E-state index contributed by atoms with van der Waals surface area (Å²) in [4.78, 5) is 13.7. The smallest absolute Gasteiger partial charge is 0.222 e. The fourth-order valence-electron chi connectivity index (χ4n) is 2.11. The van der Waals surface area contributed by atoms with Gasteiger partial charge in [-0.15, -0.1) is 0 Å². The van der Waals surface area contributed by atoms with Gasteiger partial charge in [-0.2, -0.15) is 0 Å². The van der Waals surface area contributed by atoms with Crippen LogP contribution < -0.4 is 0 Å². The summed E-state index contributed by atoms with van der Waals surface area (Å²) in [5.74, 6) is 0.108. The number of ether oxygens (including phenoxy) is 2. The lowest BCUT2D eigenvalue weighted by Gasteiger charge is -2.42. The molecule has 0 aliphatic carbocycles. The fraction of sp³-hybridized carbons (Fsp3) is 0.917. The van der Waals surface area contributed by atoms with Crippen molar-refractivity contribution in [2.45, 2.75) is 38.4 Å². The van der Waals surface area contributed by atoms with Gasteiger partial charge in [0.2, 0.25) is 5.91 Å². The topological polar surface area (TPSA) is 59.0 Å². The van der Waals surface area contributed by atoms with Crippen molar-refractivity contribution in [1.29, 1.82) is 0 Å². The van der Waals surface area contributed by atoms with Gasteiger partial charge in [-0.05, 0) is 20.3 Å². The summed E-state index contributed by atoms with van der Waals surface area (Å²) in [7, 11) is 1.63. The molecular formula is C12H23NO4. The van der Waals surface area contributed by atoms with Gasteiger partial charge in [0.15, 0.2) is 0 Å². The lowest BCUT2D eigenvalue weighted by Crippen LogP contribution is -2.55. The molecule has 0 aromatic heterocycles. The van der Waals surface area contributed by atoms with Gasteiger partial charge in [0.1, 0.15) is 0 Å². The molecule has 1 aliphatic rings.